The molecule has 0 aliphatic heterocycles. The van der Waals surface area contributed by atoms with E-state index in [1.165, 1.54) is 0 Å². The lowest BCUT2D eigenvalue weighted by Crippen LogP contribution is -1.97. The summed E-state index contributed by atoms with van der Waals surface area (Å²) in [7, 11) is 0. The standard InChI is InChI=1S/C9H8FN3/c1-2-3-7-6-8(4-5-11)13-9(10)12-7/h2-3,6H,4H2,1H3/b3-2+. The number of allylic oxidation sites excluding steroid dienone is 1. The van der Waals surface area contributed by atoms with Crippen LogP contribution >= 0.6 is 0 Å². The summed E-state index contributed by atoms with van der Waals surface area (Å²) in [5, 5.41) is 8.38. The van der Waals surface area contributed by atoms with Gasteiger partial charge in [-0.15, -0.1) is 0 Å². The third-order valence-corrected chi connectivity index (χ3v) is 1.37. The summed E-state index contributed by atoms with van der Waals surface area (Å²) in [5.41, 5.74) is 0.892. The van der Waals surface area contributed by atoms with Crippen molar-refractivity contribution in [3.05, 3.63) is 29.6 Å². The molecular weight excluding hydrogens is 169 g/mol. The highest BCUT2D eigenvalue weighted by Gasteiger charge is 2.00. The van der Waals surface area contributed by atoms with E-state index in [4.69, 9.17) is 5.26 Å². The van der Waals surface area contributed by atoms with Crippen LogP contribution in [0.3, 0.4) is 0 Å². The topological polar surface area (TPSA) is 49.6 Å². The molecule has 0 atom stereocenters. The van der Waals surface area contributed by atoms with Crippen molar-refractivity contribution in [3.8, 4) is 6.07 Å². The van der Waals surface area contributed by atoms with E-state index in [2.05, 4.69) is 9.97 Å². The Morgan fingerprint density at radius 2 is 2.38 bits per heavy atom. The molecule has 1 aromatic heterocycles. The van der Waals surface area contributed by atoms with Crippen molar-refractivity contribution < 1.29 is 4.39 Å². The largest absolute Gasteiger partial charge is 0.309 e. The van der Waals surface area contributed by atoms with E-state index in [0.29, 0.717) is 11.4 Å². The molecule has 0 aromatic carbocycles. The fraction of sp³-hybridized carbons (Fsp3) is 0.222. The molecule has 0 fully saturated rings. The second-order valence-corrected chi connectivity index (χ2v) is 2.39. The Balaban J connectivity index is 3.05. The van der Waals surface area contributed by atoms with Gasteiger partial charge in [-0.3, -0.25) is 0 Å². The maximum absolute atomic E-state index is 12.7. The molecule has 66 valence electrons. The van der Waals surface area contributed by atoms with Gasteiger partial charge in [0, 0.05) is 0 Å². The fourth-order valence-corrected chi connectivity index (χ4v) is 0.913. The van der Waals surface area contributed by atoms with E-state index in [-0.39, 0.29) is 6.42 Å². The summed E-state index contributed by atoms with van der Waals surface area (Å²) < 4.78 is 12.7. The lowest BCUT2D eigenvalue weighted by Gasteiger charge is -1.96. The highest BCUT2D eigenvalue weighted by Crippen LogP contribution is 2.03. The first kappa shape index (κ1) is 9.33. The summed E-state index contributed by atoms with van der Waals surface area (Å²) in [5.74, 6) is 0. The van der Waals surface area contributed by atoms with Crippen LogP contribution in [0.15, 0.2) is 12.1 Å². The van der Waals surface area contributed by atoms with Crippen molar-refractivity contribution in [1.82, 2.24) is 9.97 Å². The summed E-state index contributed by atoms with van der Waals surface area (Å²) in [4.78, 5) is 7.00. The minimum atomic E-state index is -0.791. The molecule has 0 aliphatic rings. The number of aromatic nitrogens is 2. The number of nitrogens with zero attached hydrogens (tertiary/aromatic N) is 3. The average molecular weight is 177 g/mol. The Labute approximate surface area is 75.6 Å². The van der Waals surface area contributed by atoms with E-state index in [1.807, 2.05) is 13.0 Å². The predicted octanol–water partition coefficient (Wildman–Crippen LogP) is 1.71. The monoisotopic (exact) mass is 177 g/mol. The molecule has 13 heavy (non-hydrogen) atoms. The fourth-order valence-electron chi connectivity index (χ4n) is 0.913. The van der Waals surface area contributed by atoms with Crippen molar-refractivity contribution in [2.45, 2.75) is 13.3 Å². The van der Waals surface area contributed by atoms with Crippen LogP contribution in [-0.2, 0) is 6.42 Å². The van der Waals surface area contributed by atoms with Gasteiger partial charge in [0.1, 0.15) is 0 Å². The summed E-state index contributed by atoms with van der Waals surface area (Å²) in [6, 6.07) is 3.49. The van der Waals surface area contributed by atoms with Gasteiger partial charge in [-0.1, -0.05) is 6.08 Å². The van der Waals surface area contributed by atoms with E-state index in [1.54, 1.807) is 18.2 Å². The van der Waals surface area contributed by atoms with Gasteiger partial charge < -0.3 is 0 Å². The van der Waals surface area contributed by atoms with Gasteiger partial charge in [0.05, 0.1) is 23.9 Å². The molecule has 0 radical (unpaired) electrons. The van der Waals surface area contributed by atoms with Gasteiger partial charge in [0.25, 0.3) is 0 Å². The number of rotatable bonds is 2. The first-order chi connectivity index (χ1) is 6.26. The zero-order valence-corrected chi connectivity index (χ0v) is 7.16. The van der Waals surface area contributed by atoms with Crippen molar-refractivity contribution in [3.63, 3.8) is 0 Å². The Bertz CT molecular complexity index is 366. The number of nitriles is 1. The zero-order valence-electron chi connectivity index (χ0n) is 7.16. The Hall–Kier alpha value is -1.76. The van der Waals surface area contributed by atoms with Gasteiger partial charge in [-0.2, -0.15) is 9.65 Å². The molecule has 4 heteroatoms. The van der Waals surface area contributed by atoms with Gasteiger partial charge in [0.2, 0.25) is 0 Å². The summed E-state index contributed by atoms with van der Waals surface area (Å²) in [6.07, 6.45) is 2.72. The molecule has 1 rings (SSSR count). The molecule has 0 N–H and O–H groups in total. The second kappa shape index (κ2) is 4.31. The van der Waals surface area contributed by atoms with Crippen molar-refractivity contribution in [2.24, 2.45) is 0 Å². The van der Waals surface area contributed by atoms with Crippen LogP contribution in [0.2, 0.25) is 0 Å². The quantitative estimate of drug-likeness (QED) is 0.646. The van der Waals surface area contributed by atoms with E-state index in [9.17, 15) is 4.39 Å². The molecule has 0 saturated carbocycles. The van der Waals surface area contributed by atoms with Gasteiger partial charge >= 0.3 is 6.08 Å². The molecule has 3 nitrogen and oxygen atoms in total. The molecule has 0 amide bonds. The highest BCUT2D eigenvalue weighted by atomic mass is 19.1. The maximum atomic E-state index is 12.7. The van der Waals surface area contributed by atoms with Crippen LogP contribution in [0.4, 0.5) is 4.39 Å². The molecule has 1 heterocycles. The van der Waals surface area contributed by atoms with Crippen molar-refractivity contribution in [2.75, 3.05) is 0 Å². The van der Waals surface area contributed by atoms with Crippen LogP contribution in [0.5, 0.6) is 0 Å². The van der Waals surface area contributed by atoms with Gasteiger partial charge in [-0.05, 0) is 19.1 Å². The van der Waals surface area contributed by atoms with Gasteiger partial charge in [0.15, 0.2) is 0 Å². The molecule has 0 unspecified atom stereocenters. The number of halogens is 1. The maximum Gasteiger partial charge on any atom is 0.309 e. The molecule has 0 aliphatic carbocycles. The molecular formula is C9H8FN3. The number of hydrogen-bond donors (Lipinski definition) is 0. The zero-order chi connectivity index (χ0) is 9.68. The lowest BCUT2D eigenvalue weighted by molar-refractivity contribution is 0.532. The smallest absolute Gasteiger partial charge is 0.206 e. The summed E-state index contributed by atoms with van der Waals surface area (Å²) in [6.45, 7) is 1.81. The van der Waals surface area contributed by atoms with Crippen LogP contribution in [0.25, 0.3) is 6.08 Å². The van der Waals surface area contributed by atoms with Crippen LogP contribution in [0.1, 0.15) is 18.3 Å². The Morgan fingerprint density at radius 3 is 3.00 bits per heavy atom. The Morgan fingerprint density at radius 1 is 1.62 bits per heavy atom. The van der Waals surface area contributed by atoms with E-state index < -0.39 is 6.08 Å². The summed E-state index contributed by atoms with van der Waals surface area (Å²) >= 11 is 0. The van der Waals surface area contributed by atoms with Crippen molar-refractivity contribution in [1.29, 1.82) is 5.26 Å². The third kappa shape index (κ3) is 2.64. The normalized spacial score (nSPS) is 10.2. The first-order valence-corrected chi connectivity index (χ1v) is 3.79. The van der Waals surface area contributed by atoms with E-state index in [0.717, 1.165) is 0 Å². The lowest BCUT2D eigenvalue weighted by atomic mass is 10.2. The van der Waals surface area contributed by atoms with Crippen LogP contribution in [-0.4, -0.2) is 9.97 Å². The minimum absolute atomic E-state index is 0.101. The number of hydrogen-bond acceptors (Lipinski definition) is 3. The molecule has 0 bridgehead atoms. The van der Waals surface area contributed by atoms with E-state index >= 15 is 0 Å². The highest BCUT2D eigenvalue weighted by molar-refractivity contribution is 5.44. The molecule has 0 spiro atoms. The molecule has 0 saturated heterocycles. The average Bonchev–Trinajstić information content (AvgIpc) is 2.04. The van der Waals surface area contributed by atoms with Crippen LogP contribution < -0.4 is 0 Å². The predicted molar refractivity (Wildman–Crippen MR) is 46.0 cm³/mol. The van der Waals surface area contributed by atoms with Crippen molar-refractivity contribution >= 4 is 6.08 Å². The molecule has 1 aromatic rings. The third-order valence-electron chi connectivity index (χ3n) is 1.37. The van der Waals surface area contributed by atoms with Gasteiger partial charge in [-0.25, -0.2) is 9.97 Å². The first-order valence-electron chi connectivity index (χ1n) is 3.79. The van der Waals surface area contributed by atoms with Crippen LogP contribution in [0, 0.1) is 17.4 Å². The second-order valence-electron chi connectivity index (χ2n) is 2.39. The SMILES string of the molecule is C/C=C/c1cc(CC#N)nc(F)n1. The Kier molecular flexibility index (Phi) is 3.09. The minimum Gasteiger partial charge on any atom is -0.206 e.